The minimum atomic E-state index is 0.516. The summed E-state index contributed by atoms with van der Waals surface area (Å²) < 4.78 is 0. The Kier molecular flexibility index (Phi) is 5.53. The molecule has 6 heteroatoms. The number of hydrogen-bond acceptors (Lipinski definition) is 5. The Bertz CT molecular complexity index is 1290. The number of nitrogens with one attached hydrogen (secondary N) is 2. The molecular weight excluding hydrogens is 396 g/mol. The SMILES string of the molecule is Cc1cccc(-c2n[nH]cc2-c2ccc3ncc(C4=CCC(NC(C)C)CC4)cc3n2)n1. The van der Waals surface area contributed by atoms with Crippen molar-refractivity contribution in [2.75, 3.05) is 0 Å². The third kappa shape index (κ3) is 4.18. The van der Waals surface area contributed by atoms with Gasteiger partial charge in [0, 0.05) is 35.7 Å². The predicted octanol–water partition coefficient (Wildman–Crippen LogP) is 5.32. The van der Waals surface area contributed by atoms with Gasteiger partial charge in [-0.05, 0) is 67.7 Å². The third-order valence-corrected chi connectivity index (χ3v) is 5.94. The van der Waals surface area contributed by atoms with Gasteiger partial charge in [0.15, 0.2) is 0 Å². The average Bonchev–Trinajstić information content (AvgIpc) is 3.28. The first-order valence-electron chi connectivity index (χ1n) is 11.3. The minimum Gasteiger partial charge on any atom is -0.311 e. The van der Waals surface area contributed by atoms with E-state index in [1.807, 2.05) is 49.6 Å². The summed E-state index contributed by atoms with van der Waals surface area (Å²) in [5.74, 6) is 0. The van der Waals surface area contributed by atoms with Crippen LogP contribution in [0, 0.1) is 6.92 Å². The number of H-pyrrole nitrogens is 1. The fourth-order valence-corrected chi connectivity index (χ4v) is 4.41. The largest absolute Gasteiger partial charge is 0.311 e. The maximum atomic E-state index is 4.95. The van der Waals surface area contributed by atoms with Crippen molar-refractivity contribution in [1.82, 2.24) is 30.5 Å². The van der Waals surface area contributed by atoms with Crippen molar-refractivity contribution >= 4 is 16.6 Å². The number of aromatic amines is 1. The molecule has 2 N–H and O–H groups in total. The average molecular weight is 425 g/mol. The topological polar surface area (TPSA) is 79.4 Å². The molecule has 0 saturated heterocycles. The van der Waals surface area contributed by atoms with E-state index in [9.17, 15) is 0 Å². The lowest BCUT2D eigenvalue weighted by Crippen LogP contribution is -2.35. The van der Waals surface area contributed by atoms with E-state index in [1.165, 1.54) is 5.57 Å². The van der Waals surface area contributed by atoms with E-state index < -0.39 is 0 Å². The standard InChI is InChI=1S/C26H28N6/c1-16(2)29-20-9-7-18(8-10-20)19-13-25-23(27-14-19)12-11-22(31-25)21-15-28-32-26(21)24-6-4-5-17(3)30-24/h4-7,11-16,20,29H,8-10H2,1-3H3,(H,28,32). The Morgan fingerprint density at radius 3 is 2.75 bits per heavy atom. The number of hydrogen-bond donors (Lipinski definition) is 2. The van der Waals surface area contributed by atoms with Gasteiger partial charge >= 0.3 is 0 Å². The fourth-order valence-electron chi connectivity index (χ4n) is 4.41. The number of nitrogens with zero attached hydrogens (tertiary/aromatic N) is 4. The molecule has 0 bridgehead atoms. The highest BCUT2D eigenvalue weighted by atomic mass is 15.1. The van der Waals surface area contributed by atoms with Gasteiger partial charge in [-0.3, -0.25) is 15.1 Å². The highest BCUT2D eigenvalue weighted by Gasteiger charge is 2.17. The van der Waals surface area contributed by atoms with Gasteiger partial charge in [0.25, 0.3) is 0 Å². The van der Waals surface area contributed by atoms with Crippen molar-refractivity contribution in [2.45, 2.75) is 52.1 Å². The first-order valence-corrected chi connectivity index (χ1v) is 11.3. The summed E-state index contributed by atoms with van der Waals surface area (Å²) in [6.45, 7) is 6.39. The molecule has 162 valence electrons. The van der Waals surface area contributed by atoms with E-state index in [4.69, 9.17) is 4.98 Å². The molecule has 0 aromatic carbocycles. The quantitative estimate of drug-likeness (QED) is 0.453. The second-order valence-electron chi connectivity index (χ2n) is 8.79. The lowest BCUT2D eigenvalue weighted by molar-refractivity contribution is 0.437. The zero-order valence-corrected chi connectivity index (χ0v) is 18.8. The molecule has 5 rings (SSSR count). The highest BCUT2D eigenvalue weighted by Crippen LogP contribution is 2.31. The van der Waals surface area contributed by atoms with Crippen LogP contribution in [0.2, 0.25) is 0 Å². The molecule has 0 amide bonds. The van der Waals surface area contributed by atoms with Crippen LogP contribution in [0.4, 0.5) is 0 Å². The van der Waals surface area contributed by atoms with E-state index in [1.54, 1.807) is 0 Å². The number of fused-ring (bicyclic) bond motifs is 1. The number of allylic oxidation sites excluding steroid dienone is 1. The van der Waals surface area contributed by atoms with Crippen molar-refractivity contribution in [3.05, 3.63) is 66.1 Å². The normalized spacial score (nSPS) is 16.5. The Hall–Kier alpha value is -3.38. The van der Waals surface area contributed by atoms with E-state index in [0.29, 0.717) is 12.1 Å². The van der Waals surface area contributed by atoms with Gasteiger partial charge in [-0.2, -0.15) is 5.10 Å². The third-order valence-electron chi connectivity index (χ3n) is 5.94. The first-order chi connectivity index (χ1) is 15.6. The van der Waals surface area contributed by atoms with Gasteiger partial charge in [0.1, 0.15) is 5.69 Å². The summed E-state index contributed by atoms with van der Waals surface area (Å²) in [6.07, 6.45) is 9.48. The van der Waals surface area contributed by atoms with Crippen LogP contribution >= 0.6 is 0 Å². The number of pyridine rings is 3. The van der Waals surface area contributed by atoms with Crippen molar-refractivity contribution in [3.8, 4) is 22.6 Å². The van der Waals surface area contributed by atoms with Gasteiger partial charge in [0.2, 0.25) is 0 Å². The Balaban J connectivity index is 1.47. The number of aryl methyl sites for hydroxylation is 1. The van der Waals surface area contributed by atoms with Crippen molar-refractivity contribution in [2.24, 2.45) is 0 Å². The zero-order chi connectivity index (χ0) is 22.1. The molecule has 32 heavy (non-hydrogen) atoms. The van der Waals surface area contributed by atoms with Gasteiger partial charge in [0.05, 0.1) is 22.4 Å². The van der Waals surface area contributed by atoms with E-state index in [-0.39, 0.29) is 0 Å². The lowest BCUT2D eigenvalue weighted by Gasteiger charge is -2.25. The molecule has 0 radical (unpaired) electrons. The summed E-state index contributed by atoms with van der Waals surface area (Å²) in [4.78, 5) is 14.3. The molecule has 6 nitrogen and oxygen atoms in total. The number of rotatable bonds is 5. The fraction of sp³-hybridized carbons (Fsp3) is 0.308. The molecule has 0 fully saturated rings. The molecule has 4 heterocycles. The van der Waals surface area contributed by atoms with Crippen LogP contribution in [0.5, 0.6) is 0 Å². The molecule has 0 spiro atoms. The lowest BCUT2D eigenvalue weighted by atomic mass is 9.91. The molecule has 0 aliphatic heterocycles. The first kappa shape index (κ1) is 20.5. The summed E-state index contributed by atoms with van der Waals surface area (Å²) in [5.41, 5.74) is 8.73. The van der Waals surface area contributed by atoms with Crippen LogP contribution in [0.3, 0.4) is 0 Å². The molecule has 1 aliphatic rings. The van der Waals surface area contributed by atoms with Crippen molar-refractivity contribution in [3.63, 3.8) is 0 Å². The van der Waals surface area contributed by atoms with Gasteiger partial charge in [-0.25, -0.2) is 4.98 Å². The van der Waals surface area contributed by atoms with Crippen LogP contribution in [0.15, 0.2) is 54.9 Å². The van der Waals surface area contributed by atoms with Crippen LogP contribution in [-0.2, 0) is 0 Å². The Morgan fingerprint density at radius 1 is 1.06 bits per heavy atom. The molecule has 1 atom stereocenters. The molecule has 4 aromatic heterocycles. The van der Waals surface area contributed by atoms with Crippen molar-refractivity contribution < 1.29 is 0 Å². The molecule has 1 unspecified atom stereocenters. The van der Waals surface area contributed by atoms with Crippen LogP contribution in [0.25, 0.3) is 39.3 Å². The van der Waals surface area contributed by atoms with Crippen LogP contribution in [-0.4, -0.2) is 37.2 Å². The maximum absolute atomic E-state index is 4.95. The van der Waals surface area contributed by atoms with Crippen LogP contribution in [0.1, 0.15) is 44.4 Å². The summed E-state index contributed by atoms with van der Waals surface area (Å²) in [6, 6.07) is 13.2. The maximum Gasteiger partial charge on any atom is 0.120 e. The van der Waals surface area contributed by atoms with E-state index >= 15 is 0 Å². The molecular formula is C26H28N6. The molecule has 1 aliphatic carbocycles. The predicted molar refractivity (Wildman–Crippen MR) is 129 cm³/mol. The van der Waals surface area contributed by atoms with E-state index in [2.05, 4.69) is 51.5 Å². The number of aromatic nitrogens is 5. The monoisotopic (exact) mass is 424 g/mol. The Labute approximate surface area is 188 Å². The summed E-state index contributed by atoms with van der Waals surface area (Å²) in [5, 5.41) is 11.1. The molecule has 4 aromatic rings. The highest BCUT2D eigenvalue weighted by molar-refractivity contribution is 5.84. The summed E-state index contributed by atoms with van der Waals surface area (Å²) in [7, 11) is 0. The van der Waals surface area contributed by atoms with Crippen molar-refractivity contribution in [1.29, 1.82) is 0 Å². The summed E-state index contributed by atoms with van der Waals surface area (Å²) >= 11 is 0. The zero-order valence-electron chi connectivity index (χ0n) is 18.8. The van der Waals surface area contributed by atoms with Crippen LogP contribution < -0.4 is 5.32 Å². The molecule has 0 saturated carbocycles. The Morgan fingerprint density at radius 2 is 1.97 bits per heavy atom. The van der Waals surface area contributed by atoms with Gasteiger partial charge in [-0.1, -0.05) is 26.0 Å². The van der Waals surface area contributed by atoms with E-state index in [0.717, 1.165) is 64.2 Å². The van der Waals surface area contributed by atoms with Gasteiger partial charge in [-0.15, -0.1) is 0 Å². The van der Waals surface area contributed by atoms with Gasteiger partial charge < -0.3 is 5.32 Å². The second kappa shape index (κ2) is 8.63. The second-order valence-corrected chi connectivity index (χ2v) is 8.79. The minimum absolute atomic E-state index is 0.516. The smallest absolute Gasteiger partial charge is 0.120 e.